The van der Waals surface area contributed by atoms with Gasteiger partial charge in [0.15, 0.2) is 12.1 Å². The minimum absolute atomic E-state index is 0.0912. The summed E-state index contributed by atoms with van der Waals surface area (Å²) in [4.78, 5) is 1.08. The van der Waals surface area contributed by atoms with Gasteiger partial charge in [0, 0.05) is 12.0 Å². The van der Waals surface area contributed by atoms with Gasteiger partial charge in [-0.25, -0.2) is 0 Å². The van der Waals surface area contributed by atoms with E-state index in [4.69, 9.17) is 42.6 Å². The van der Waals surface area contributed by atoms with Gasteiger partial charge in [0.1, 0.15) is 53.8 Å². The fraction of sp³-hybridized carbons (Fsp3) is 0.357. The lowest BCUT2D eigenvalue weighted by atomic mass is 9.80. The number of ether oxygens (including phenoxy) is 9. The lowest BCUT2D eigenvalue weighted by Crippen LogP contribution is -2.64. The average Bonchev–Trinajstić information content (AvgIpc) is 3.69. The van der Waals surface area contributed by atoms with Crippen molar-refractivity contribution >= 4 is 11.8 Å². The first-order valence-electron chi connectivity index (χ1n) is 22.9. The van der Waals surface area contributed by atoms with Crippen LogP contribution in [0.4, 0.5) is 0 Å². The highest BCUT2D eigenvalue weighted by Gasteiger charge is 2.58. The number of methoxy groups -OCH3 is 1. The van der Waals surface area contributed by atoms with Gasteiger partial charge >= 0.3 is 0 Å². The number of aryl methyl sites for hydroxylation is 1. The van der Waals surface area contributed by atoms with Crippen LogP contribution >= 0.6 is 11.8 Å². The van der Waals surface area contributed by atoms with E-state index < -0.39 is 66.5 Å². The van der Waals surface area contributed by atoms with Crippen molar-refractivity contribution in [1.82, 2.24) is 0 Å². The molecule has 9 nitrogen and oxygen atoms in total. The molecule has 0 bridgehead atoms. The summed E-state index contributed by atoms with van der Waals surface area (Å²) in [6.45, 7) is 8.66. The lowest BCUT2D eigenvalue weighted by molar-refractivity contribution is -0.349. The first-order valence-corrected chi connectivity index (χ1v) is 23.8. The summed E-state index contributed by atoms with van der Waals surface area (Å²) >= 11 is 1.63. The Balaban J connectivity index is 1.09. The minimum Gasteiger partial charge on any atom is -0.376 e. The van der Waals surface area contributed by atoms with Crippen LogP contribution in [0.3, 0.4) is 0 Å². The molecule has 344 valence electrons. The van der Waals surface area contributed by atoms with Gasteiger partial charge in [0.2, 0.25) is 0 Å². The highest BCUT2D eigenvalue weighted by atomic mass is 32.2. The molecule has 10 heteroatoms. The predicted molar refractivity (Wildman–Crippen MR) is 255 cm³/mol. The number of benzene rings is 6. The normalized spacial score (nSPS) is 27.3. The summed E-state index contributed by atoms with van der Waals surface area (Å²) in [6.07, 6.45) is -5.74. The Labute approximate surface area is 393 Å². The van der Waals surface area contributed by atoms with Crippen LogP contribution in [0.25, 0.3) is 0 Å². The second-order valence-electron chi connectivity index (χ2n) is 17.7. The van der Waals surface area contributed by atoms with Crippen LogP contribution in [0.2, 0.25) is 0 Å². The Kier molecular flexibility index (Phi) is 14.8. The van der Waals surface area contributed by atoms with Crippen molar-refractivity contribution in [2.24, 2.45) is 0 Å². The number of rotatable bonds is 17. The van der Waals surface area contributed by atoms with Gasteiger partial charge in [-0.05, 0) is 67.6 Å². The van der Waals surface area contributed by atoms with Crippen LogP contribution in [0.1, 0.15) is 54.2 Å². The van der Waals surface area contributed by atoms with E-state index in [2.05, 4.69) is 67.6 Å². The molecule has 6 aromatic carbocycles. The van der Waals surface area contributed by atoms with E-state index in [9.17, 15) is 0 Å². The zero-order chi connectivity index (χ0) is 45.5. The van der Waals surface area contributed by atoms with E-state index in [0.29, 0.717) is 6.61 Å². The Morgan fingerprint density at radius 1 is 0.561 bits per heavy atom. The van der Waals surface area contributed by atoms with Crippen molar-refractivity contribution < 1.29 is 42.6 Å². The first kappa shape index (κ1) is 46.4. The molecule has 0 saturated carbocycles. The second-order valence-corrected chi connectivity index (χ2v) is 18.8. The monoisotopic (exact) mass is 908 g/mol. The molecule has 66 heavy (non-hydrogen) atoms. The third-order valence-electron chi connectivity index (χ3n) is 12.6. The molecule has 9 rings (SSSR count). The van der Waals surface area contributed by atoms with Crippen molar-refractivity contribution in [2.45, 2.75) is 118 Å². The molecular formula is C56H60O9S. The van der Waals surface area contributed by atoms with Gasteiger partial charge in [-0.2, -0.15) is 0 Å². The molecule has 3 saturated heterocycles. The predicted octanol–water partition coefficient (Wildman–Crippen LogP) is 10.7. The zero-order valence-electron chi connectivity index (χ0n) is 38.2. The largest absolute Gasteiger partial charge is 0.376 e. The maximum Gasteiger partial charge on any atom is 0.187 e. The van der Waals surface area contributed by atoms with Gasteiger partial charge in [-0.15, -0.1) is 0 Å². The van der Waals surface area contributed by atoms with Crippen LogP contribution in [-0.4, -0.2) is 80.1 Å². The summed E-state index contributed by atoms with van der Waals surface area (Å²) < 4.78 is 62.6. The number of hydrogen-bond acceptors (Lipinski definition) is 10. The molecule has 0 radical (unpaired) electrons. The molecule has 0 aromatic heterocycles. The van der Waals surface area contributed by atoms with Crippen LogP contribution < -0.4 is 0 Å². The smallest absolute Gasteiger partial charge is 0.187 e. The van der Waals surface area contributed by atoms with E-state index in [-0.39, 0.29) is 18.6 Å². The van der Waals surface area contributed by atoms with Crippen molar-refractivity contribution in [3.8, 4) is 0 Å². The van der Waals surface area contributed by atoms with Crippen LogP contribution in [0.15, 0.2) is 181 Å². The molecule has 6 aromatic rings. The summed E-state index contributed by atoms with van der Waals surface area (Å²) in [5.74, 6) is -0.884. The molecule has 3 fully saturated rings. The van der Waals surface area contributed by atoms with Gasteiger partial charge < -0.3 is 42.6 Å². The third kappa shape index (κ3) is 10.4. The molecule has 0 N–H and O–H groups in total. The van der Waals surface area contributed by atoms with E-state index in [1.807, 2.05) is 136 Å². The number of fused-ring (bicyclic) bond motifs is 1. The summed E-state index contributed by atoms with van der Waals surface area (Å²) in [6, 6.07) is 59.6. The topological polar surface area (TPSA) is 83.1 Å². The van der Waals surface area contributed by atoms with Crippen LogP contribution in [0, 0.1) is 6.92 Å². The van der Waals surface area contributed by atoms with Crippen molar-refractivity contribution in [3.05, 3.63) is 209 Å². The molecule has 3 aliphatic rings. The SMILES string of the molecule is CO[C@@H]1[C@@H](OCc2ccccc2)[C@H](O[C@@H]2[C@H]3OC(C)(C)O[C@H]3[C@H](Sc3ccc(C)cc3)O[C@H]2C)O[C@H](COC(c2ccccc2)(c2ccccc2)c2ccccc2)[C@H]1OCc1ccccc1. The lowest BCUT2D eigenvalue weighted by Gasteiger charge is -2.49. The maximum atomic E-state index is 7.47. The van der Waals surface area contributed by atoms with Gasteiger partial charge in [-0.3, -0.25) is 0 Å². The van der Waals surface area contributed by atoms with E-state index >= 15 is 0 Å². The third-order valence-corrected chi connectivity index (χ3v) is 13.7. The highest BCUT2D eigenvalue weighted by Crippen LogP contribution is 2.46. The molecule has 0 spiro atoms. The van der Waals surface area contributed by atoms with Crippen molar-refractivity contribution in [2.75, 3.05) is 13.7 Å². The highest BCUT2D eigenvalue weighted by molar-refractivity contribution is 7.99. The van der Waals surface area contributed by atoms with Gasteiger partial charge in [0.05, 0.1) is 25.9 Å². The first-order chi connectivity index (χ1) is 32.2. The standard InChI is InChI=1S/C56H60O9S/c1-38-31-33-45(34-32-38)66-54-52-50(64-55(3,4)65-52)47(39(2)61-54)63-53-51(59-36-41-23-13-7-14-24-41)49(57-5)48(58-35-40-21-11-6-12-22-40)46(62-53)37-60-56(42-25-15-8-16-26-42,43-27-17-9-18-28-43)44-29-19-10-20-30-44/h6-34,39,46-54H,35-37H2,1-5H3/t39-,46+,47-,48+,49-,50+,51+,52+,53-,54-/m0/s1. The van der Waals surface area contributed by atoms with Crippen LogP contribution in [-0.2, 0) is 61.4 Å². The quantitative estimate of drug-likeness (QED) is 0.0825. The Hall–Kier alpha value is -4.69. The van der Waals surface area contributed by atoms with E-state index in [1.54, 1.807) is 18.9 Å². The minimum atomic E-state index is -1.03. The van der Waals surface area contributed by atoms with Crippen molar-refractivity contribution in [3.63, 3.8) is 0 Å². The van der Waals surface area contributed by atoms with E-state index in [1.165, 1.54) is 5.56 Å². The zero-order valence-corrected chi connectivity index (χ0v) is 39.0. The number of hydrogen-bond donors (Lipinski definition) is 0. The second kappa shape index (κ2) is 21.1. The van der Waals surface area contributed by atoms with Gasteiger partial charge in [0.25, 0.3) is 0 Å². The number of thioether (sulfide) groups is 1. The molecule has 3 aliphatic heterocycles. The van der Waals surface area contributed by atoms with Crippen molar-refractivity contribution in [1.29, 1.82) is 0 Å². The molecule has 0 amide bonds. The Morgan fingerprint density at radius 2 is 1.05 bits per heavy atom. The Bertz CT molecular complexity index is 2290. The maximum absolute atomic E-state index is 7.47. The van der Waals surface area contributed by atoms with Crippen LogP contribution in [0.5, 0.6) is 0 Å². The molecule has 10 atom stereocenters. The Morgan fingerprint density at radius 3 is 1.56 bits per heavy atom. The summed E-state index contributed by atoms with van der Waals surface area (Å²) in [5, 5.41) is 0. The molecule has 0 unspecified atom stereocenters. The average molecular weight is 909 g/mol. The van der Waals surface area contributed by atoms with Gasteiger partial charge in [-0.1, -0.05) is 181 Å². The fourth-order valence-corrected chi connectivity index (χ4v) is 10.5. The molecular weight excluding hydrogens is 849 g/mol. The molecule has 3 heterocycles. The summed E-state index contributed by atoms with van der Waals surface area (Å²) in [7, 11) is 1.69. The molecule has 0 aliphatic carbocycles. The van der Waals surface area contributed by atoms with E-state index in [0.717, 1.165) is 32.7 Å². The summed E-state index contributed by atoms with van der Waals surface area (Å²) in [5.41, 5.74) is 4.74. The fourth-order valence-electron chi connectivity index (χ4n) is 9.38.